The Morgan fingerprint density at radius 3 is 2.76 bits per heavy atom. The average molecular weight is 561 g/mol. The second-order valence-corrected chi connectivity index (χ2v) is 9.26. The molecule has 0 radical (unpaired) electrons. The van der Waals surface area contributed by atoms with Crippen molar-refractivity contribution in [2.24, 2.45) is 5.73 Å². The molecule has 2 aromatic carbocycles. The van der Waals surface area contributed by atoms with Crippen molar-refractivity contribution in [2.75, 3.05) is 24.3 Å². The molecular formula is C28H29FN8O4. The van der Waals surface area contributed by atoms with Gasteiger partial charge in [0.1, 0.15) is 22.8 Å². The fourth-order valence-electron chi connectivity index (χ4n) is 4.54. The van der Waals surface area contributed by atoms with Gasteiger partial charge in [-0.3, -0.25) is 19.6 Å². The second-order valence-electron chi connectivity index (χ2n) is 9.26. The molecule has 0 fully saturated rings. The summed E-state index contributed by atoms with van der Waals surface area (Å²) < 4.78 is 28.3. The fraction of sp³-hybridized carbons (Fsp3) is 0.250. The molecule has 0 aliphatic carbocycles. The normalized spacial score (nSPS) is 11.1. The number of rotatable bonds is 11. The number of halogens is 1. The molecule has 5 aromatic rings. The van der Waals surface area contributed by atoms with Crippen molar-refractivity contribution in [1.29, 1.82) is 0 Å². The second kappa shape index (κ2) is 11.5. The largest absolute Gasteiger partial charge is 0.494 e. The lowest BCUT2D eigenvalue weighted by Crippen LogP contribution is -2.20. The third-order valence-corrected chi connectivity index (χ3v) is 6.42. The number of nitrogens with one attached hydrogen (secondary N) is 2. The number of amides is 2. The molecule has 13 heteroatoms. The number of carbonyl (C=O) groups is 2. The number of fused-ring (bicyclic) bond motifs is 1. The first kappa shape index (κ1) is 27.4. The number of aryl methyl sites for hydroxylation is 3. The number of anilines is 2. The lowest BCUT2D eigenvalue weighted by Gasteiger charge is -2.13. The highest BCUT2D eigenvalue weighted by atomic mass is 19.1. The van der Waals surface area contributed by atoms with Gasteiger partial charge in [-0.25, -0.2) is 14.4 Å². The zero-order chi connectivity index (χ0) is 29.1. The highest BCUT2D eigenvalue weighted by Crippen LogP contribution is 2.31. The summed E-state index contributed by atoms with van der Waals surface area (Å²) in [5.41, 5.74) is 8.48. The Bertz CT molecular complexity index is 1740. The summed E-state index contributed by atoms with van der Waals surface area (Å²) in [6.07, 6.45) is 2.09. The summed E-state index contributed by atoms with van der Waals surface area (Å²) in [7, 11) is 1.48. The maximum Gasteiger partial charge on any atom is 0.295 e. The molecule has 0 aliphatic rings. The van der Waals surface area contributed by atoms with Crippen LogP contribution >= 0.6 is 0 Å². The number of benzene rings is 2. The van der Waals surface area contributed by atoms with Crippen LogP contribution in [0.25, 0.3) is 22.4 Å². The SMILES string of the molecule is CCn1nc(C)cc1C(=O)Nc1nc2cc(C(N)=O)cc(OC)c2n1CCCNc1ncc(-c2cccc(F)c2)o1. The smallest absolute Gasteiger partial charge is 0.295 e. The van der Waals surface area contributed by atoms with Crippen LogP contribution in [-0.4, -0.2) is 49.8 Å². The van der Waals surface area contributed by atoms with Gasteiger partial charge in [-0.2, -0.15) is 5.10 Å². The number of oxazole rings is 1. The number of nitrogens with two attached hydrogens (primary N) is 1. The van der Waals surface area contributed by atoms with Gasteiger partial charge < -0.3 is 24.8 Å². The summed E-state index contributed by atoms with van der Waals surface area (Å²) >= 11 is 0. The number of hydrogen-bond acceptors (Lipinski definition) is 8. The van der Waals surface area contributed by atoms with Crippen LogP contribution in [0.5, 0.6) is 5.75 Å². The Hall–Kier alpha value is -5.20. The number of aromatic nitrogens is 5. The Balaban J connectivity index is 1.38. The summed E-state index contributed by atoms with van der Waals surface area (Å²) in [4.78, 5) is 34.0. The Morgan fingerprint density at radius 1 is 1.20 bits per heavy atom. The van der Waals surface area contributed by atoms with Gasteiger partial charge in [0.15, 0.2) is 5.76 Å². The molecule has 0 saturated carbocycles. The molecule has 0 bridgehead atoms. The number of nitrogens with zero attached hydrogens (tertiary/aromatic N) is 5. The van der Waals surface area contributed by atoms with E-state index in [0.29, 0.717) is 65.9 Å². The van der Waals surface area contributed by atoms with Gasteiger partial charge >= 0.3 is 0 Å². The van der Waals surface area contributed by atoms with Crippen LogP contribution in [0.15, 0.2) is 53.1 Å². The van der Waals surface area contributed by atoms with E-state index < -0.39 is 5.91 Å². The van der Waals surface area contributed by atoms with E-state index in [4.69, 9.17) is 14.9 Å². The molecule has 5 rings (SSSR count). The van der Waals surface area contributed by atoms with E-state index in [1.54, 1.807) is 35.0 Å². The van der Waals surface area contributed by atoms with Crippen molar-refractivity contribution >= 4 is 34.8 Å². The minimum Gasteiger partial charge on any atom is -0.494 e. The highest BCUT2D eigenvalue weighted by molar-refractivity contribution is 6.04. The first-order chi connectivity index (χ1) is 19.8. The molecule has 0 unspecified atom stereocenters. The van der Waals surface area contributed by atoms with E-state index in [-0.39, 0.29) is 23.2 Å². The van der Waals surface area contributed by atoms with Gasteiger partial charge in [-0.05, 0) is 50.6 Å². The lowest BCUT2D eigenvalue weighted by molar-refractivity contribution is 0.0995. The monoisotopic (exact) mass is 560 g/mol. The number of imidazole rings is 1. The minimum absolute atomic E-state index is 0.233. The van der Waals surface area contributed by atoms with Gasteiger partial charge in [-0.1, -0.05) is 12.1 Å². The van der Waals surface area contributed by atoms with Gasteiger partial charge in [-0.15, -0.1) is 0 Å². The van der Waals surface area contributed by atoms with E-state index in [1.807, 2.05) is 18.4 Å². The first-order valence-electron chi connectivity index (χ1n) is 13.0. The van der Waals surface area contributed by atoms with Crippen LogP contribution in [0.1, 0.15) is 39.9 Å². The molecule has 3 aromatic heterocycles. The topological polar surface area (TPSA) is 155 Å². The summed E-state index contributed by atoms with van der Waals surface area (Å²) in [6.45, 7) is 5.11. The van der Waals surface area contributed by atoms with Crippen LogP contribution in [0.3, 0.4) is 0 Å². The van der Waals surface area contributed by atoms with Crippen LogP contribution < -0.4 is 21.1 Å². The quantitative estimate of drug-likeness (QED) is 0.203. The predicted octanol–water partition coefficient (Wildman–Crippen LogP) is 4.22. The number of primary amides is 1. The molecule has 2 amide bonds. The molecule has 41 heavy (non-hydrogen) atoms. The van der Waals surface area contributed by atoms with Gasteiger partial charge in [0.05, 0.1) is 24.5 Å². The van der Waals surface area contributed by atoms with Crippen molar-refractivity contribution in [2.45, 2.75) is 33.4 Å². The molecular weight excluding hydrogens is 531 g/mol. The third-order valence-electron chi connectivity index (χ3n) is 6.42. The Kier molecular flexibility index (Phi) is 7.68. The lowest BCUT2D eigenvalue weighted by atomic mass is 10.1. The van der Waals surface area contributed by atoms with Crippen LogP contribution in [0, 0.1) is 12.7 Å². The molecule has 0 saturated heterocycles. The van der Waals surface area contributed by atoms with Crippen molar-refractivity contribution < 1.29 is 23.1 Å². The zero-order valence-corrected chi connectivity index (χ0v) is 22.8. The van der Waals surface area contributed by atoms with Gasteiger partial charge in [0, 0.05) is 30.8 Å². The van der Waals surface area contributed by atoms with Crippen molar-refractivity contribution in [3.63, 3.8) is 0 Å². The molecule has 0 atom stereocenters. The predicted molar refractivity (Wildman–Crippen MR) is 150 cm³/mol. The number of carbonyl (C=O) groups excluding carboxylic acids is 2. The van der Waals surface area contributed by atoms with Crippen LogP contribution in [0.4, 0.5) is 16.4 Å². The van der Waals surface area contributed by atoms with Crippen molar-refractivity contribution in [1.82, 2.24) is 24.3 Å². The van der Waals surface area contributed by atoms with Crippen LogP contribution in [0.2, 0.25) is 0 Å². The number of hydrogen-bond donors (Lipinski definition) is 3. The van der Waals surface area contributed by atoms with E-state index in [0.717, 1.165) is 5.69 Å². The number of methoxy groups -OCH3 is 1. The standard InChI is InChI=1S/C28H29FN8O4/c1-4-37-21(11-16(2)35-37)26(39)34-27-33-20-13-18(25(30)38)14-22(40-3)24(20)36(27)10-6-9-31-28-32-15-23(41-28)17-7-5-8-19(29)12-17/h5,7-8,11-15H,4,6,9-10H2,1-3H3,(H2,30,38)(H,31,32)(H,33,34,39). The summed E-state index contributed by atoms with van der Waals surface area (Å²) in [5, 5.41) is 10.4. The van der Waals surface area contributed by atoms with Gasteiger partial charge in [0.25, 0.3) is 11.9 Å². The Morgan fingerprint density at radius 2 is 2.02 bits per heavy atom. The number of ether oxygens (including phenoxy) is 1. The zero-order valence-electron chi connectivity index (χ0n) is 22.8. The first-order valence-corrected chi connectivity index (χ1v) is 13.0. The molecule has 0 aliphatic heterocycles. The fourth-order valence-corrected chi connectivity index (χ4v) is 4.54. The molecule has 212 valence electrons. The maximum absolute atomic E-state index is 13.6. The summed E-state index contributed by atoms with van der Waals surface area (Å²) in [6, 6.07) is 11.2. The van der Waals surface area contributed by atoms with Crippen LogP contribution in [-0.2, 0) is 13.1 Å². The third kappa shape index (κ3) is 5.73. The van der Waals surface area contributed by atoms with Gasteiger partial charge in [0.2, 0.25) is 11.9 Å². The molecule has 0 spiro atoms. The van der Waals surface area contributed by atoms with E-state index in [2.05, 4.69) is 25.7 Å². The average Bonchev–Trinajstić information content (AvgIpc) is 3.67. The molecule has 4 N–H and O–H groups in total. The van der Waals surface area contributed by atoms with Crippen molar-refractivity contribution in [3.8, 4) is 17.1 Å². The molecule has 3 heterocycles. The highest BCUT2D eigenvalue weighted by Gasteiger charge is 2.21. The summed E-state index contributed by atoms with van der Waals surface area (Å²) in [5.74, 6) is -0.262. The van der Waals surface area contributed by atoms with E-state index in [9.17, 15) is 14.0 Å². The Labute approximate surface area is 234 Å². The maximum atomic E-state index is 13.6. The van der Waals surface area contributed by atoms with E-state index in [1.165, 1.54) is 25.4 Å². The minimum atomic E-state index is -0.625. The molecule has 12 nitrogen and oxygen atoms in total. The van der Waals surface area contributed by atoms with Crippen molar-refractivity contribution in [3.05, 3.63) is 71.4 Å². The van der Waals surface area contributed by atoms with E-state index >= 15 is 0 Å².